The highest BCUT2D eigenvalue weighted by atomic mass is 16.2. The summed E-state index contributed by atoms with van der Waals surface area (Å²) < 4.78 is 0. The van der Waals surface area contributed by atoms with E-state index in [2.05, 4.69) is 26.1 Å². The van der Waals surface area contributed by atoms with Crippen LogP contribution in [0.4, 0.5) is 4.79 Å². The van der Waals surface area contributed by atoms with Gasteiger partial charge in [-0.05, 0) is 19.8 Å². The molecule has 3 nitrogen and oxygen atoms in total. The minimum Gasteiger partial charge on any atom is -0.352 e. The summed E-state index contributed by atoms with van der Waals surface area (Å²) in [6.07, 6.45) is 6.63. The van der Waals surface area contributed by atoms with E-state index >= 15 is 0 Å². The Hall–Kier alpha value is -0.730. The average Bonchev–Trinajstić information content (AvgIpc) is 2.11. The van der Waals surface area contributed by atoms with Gasteiger partial charge in [0.1, 0.15) is 0 Å². The molecule has 0 aliphatic carbocycles. The molecule has 0 saturated carbocycles. The van der Waals surface area contributed by atoms with Crippen LogP contribution in [-0.4, -0.2) is 11.6 Å². The summed E-state index contributed by atoms with van der Waals surface area (Å²) in [5.41, 5.74) is 5.07. The number of nitrogens with one attached hydrogen (secondary N) is 1. The molecule has 0 aromatic rings. The molecule has 0 aromatic heterocycles. The summed E-state index contributed by atoms with van der Waals surface area (Å²) in [6.45, 7) is 6.40. The van der Waals surface area contributed by atoms with E-state index in [0.717, 1.165) is 38.5 Å². The van der Waals surface area contributed by atoms with Crippen molar-refractivity contribution in [3.63, 3.8) is 0 Å². The maximum absolute atomic E-state index is 10.9. The van der Waals surface area contributed by atoms with Gasteiger partial charge in [-0.15, -0.1) is 0 Å². The Morgan fingerprint density at radius 1 is 1.21 bits per heavy atom. The van der Waals surface area contributed by atoms with Gasteiger partial charge >= 0.3 is 6.03 Å². The molecule has 2 amide bonds. The lowest BCUT2D eigenvalue weighted by Gasteiger charge is -2.30. The predicted molar refractivity (Wildman–Crippen MR) is 60.2 cm³/mol. The Morgan fingerprint density at radius 3 is 1.93 bits per heavy atom. The highest BCUT2D eigenvalue weighted by molar-refractivity contribution is 5.72. The monoisotopic (exact) mass is 200 g/mol. The Bertz CT molecular complexity index is 161. The van der Waals surface area contributed by atoms with E-state index in [9.17, 15) is 4.79 Å². The molecule has 0 saturated heterocycles. The summed E-state index contributed by atoms with van der Waals surface area (Å²) in [6, 6.07) is -0.403. The first-order chi connectivity index (χ1) is 6.54. The minimum atomic E-state index is -0.403. The van der Waals surface area contributed by atoms with E-state index in [-0.39, 0.29) is 5.54 Å². The Labute approximate surface area is 87.4 Å². The number of urea groups is 1. The van der Waals surface area contributed by atoms with Crippen LogP contribution in [0.5, 0.6) is 0 Å². The quantitative estimate of drug-likeness (QED) is 0.652. The summed E-state index contributed by atoms with van der Waals surface area (Å²) in [5.74, 6) is 0. The topological polar surface area (TPSA) is 55.1 Å². The molecule has 0 radical (unpaired) electrons. The van der Waals surface area contributed by atoms with E-state index in [4.69, 9.17) is 5.73 Å². The van der Waals surface area contributed by atoms with Crippen molar-refractivity contribution in [2.45, 2.75) is 64.8 Å². The summed E-state index contributed by atoms with van der Waals surface area (Å²) in [7, 11) is 0. The number of hydrogen-bond acceptors (Lipinski definition) is 1. The Balaban J connectivity index is 4.09. The molecule has 0 unspecified atom stereocenters. The molecular weight excluding hydrogens is 176 g/mol. The first-order valence-corrected chi connectivity index (χ1v) is 5.61. The molecule has 3 N–H and O–H groups in total. The number of amides is 2. The van der Waals surface area contributed by atoms with Crippen LogP contribution in [0.3, 0.4) is 0 Å². The second-order valence-electron chi connectivity index (χ2n) is 4.26. The highest BCUT2D eigenvalue weighted by Gasteiger charge is 2.23. The molecule has 0 spiro atoms. The predicted octanol–water partition coefficient (Wildman–Crippen LogP) is 2.79. The second kappa shape index (κ2) is 6.68. The van der Waals surface area contributed by atoms with Gasteiger partial charge in [0, 0.05) is 5.54 Å². The molecule has 0 aromatic carbocycles. The van der Waals surface area contributed by atoms with Crippen molar-refractivity contribution in [2.24, 2.45) is 5.73 Å². The third kappa shape index (κ3) is 5.84. The molecule has 3 heteroatoms. The van der Waals surface area contributed by atoms with Crippen molar-refractivity contribution in [3.05, 3.63) is 0 Å². The second-order valence-corrected chi connectivity index (χ2v) is 4.26. The van der Waals surface area contributed by atoms with Crippen LogP contribution >= 0.6 is 0 Å². The first-order valence-electron chi connectivity index (χ1n) is 5.61. The maximum Gasteiger partial charge on any atom is 0.312 e. The lowest BCUT2D eigenvalue weighted by molar-refractivity contribution is 0.227. The maximum atomic E-state index is 10.9. The minimum absolute atomic E-state index is 0.0994. The van der Waals surface area contributed by atoms with Crippen LogP contribution in [0.25, 0.3) is 0 Å². The van der Waals surface area contributed by atoms with Crippen LogP contribution in [-0.2, 0) is 0 Å². The molecule has 0 aliphatic heterocycles. The lowest BCUT2D eigenvalue weighted by Crippen LogP contribution is -2.48. The molecular formula is C11H24N2O. The van der Waals surface area contributed by atoms with Crippen LogP contribution in [0.1, 0.15) is 59.3 Å². The van der Waals surface area contributed by atoms with Gasteiger partial charge in [-0.2, -0.15) is 0 Å². The summed E-state index contributed by atoms with van der Waals surface area (Å²) >= 11 is 0. The van der Waals surface area contributed by atoms with Gasteiger partial charge < -0.3 is 11.1 Å². The molecule has 0 fully saturated rings. The van der Waals surface area contributed by atoms with Crippen LogP contribution in [0.15, 0.2) is 0 Å². The summed E-state index contributed by atoms with van der Waals surface area (Å²) in [4.78, 5) is 10.9. The molecule has 0 rings (SSSR count). The largest absolute Gasteiger partial charge is 0.352 e. The van der Waals surface area contributed by atoms with Crippen LogP contribution in [0, 0.1) is 0 Å². The van der Waals surface area contributed by atoms with Gasteiger partial charge in [0.15, 0.2) is 0 Å². The van der Waals surface area contributed by atoms with Crippen LogP contribution in [0.2, 0.25) is 0 Å². The van der Waals surface area contributed by atoms with E-state index < -0.39 is 6.03 Å². The third-order valence-corrected chi connectivity index (χ3v) is 2.59. The average molecular weight is 200 g/mol. The number of carbonyl (C=O) groups is 1. The fraction of sp³-hybridized carbons (Fsp3) is 0.909. The zero-order valence-corrected chi connectivity index (χ0v) is 9.73. The molecule has 14 heavy (non-hydrogen) atoms. The summed E-state index contributed by atoms with van der Waals surface area (Å²) in [5, 5.41) is 2.86. The molecule has 0 atom stereocenters. The van der Waals surface area contributed by atoms with Gasteiger partial charge in [0.05, 0.1) is 0 Å². The number of unbranched alkanes of at least 4 members (excludes halogenated alkanes) is 2. The van der Waals surface area contributed by atoms with Crippen molar-refractivity contribution in [2.75, 3.05) is 0 Å². The fourth-order valence-electron chi connectivity index (χ4n) is 1.68. The van der Waals surface area contributed by atoms with Crippen molar-refractivity contribution in [1.82, 2.24) is 5.32 Å². The fourth-order valence-corrected chi connectivity index (χ4v) is 1.68. The molecule has 84 valence electrons. The number of primary amides is 1. The van der Waals surface area contributed by atoms with E-state index in [1.807, 2.05) is 0 Å². The number of hydrogen-bond donors (Lipinski definition) is 2. The molecule has 0 aliphatic rings. The molecule has 0 heterocycles. The number of rotatable bonds is 7. The molecule has 0 bridgehead atoms. The first kappa shape index (κ1) is 13.3. The third-order valence-electron chi connectivity index (χ3n) is 2.59. The van der Waals surface area contributed by atoms with Gasteiger partial charge in [0.25, 0.3) is 0 Å². The Morgan fingerprint density at radius 2 is 1.64 bits per heavy atom. The van der Waals surface area contributed by atoms with Crippen molar-refractivity contribution >= 4 is 6.03 Å². The number of carbonyl (C=O) groups excluding carboxylic acids is 1. The highest BCUT2D eigenvalue weighted by Crippen LogP contribution is 2.20. The van der Waals surface area contributed by atoms with Gasteiger partial charge in [-0.3, -0.25) is 0 Å². The van der Waals surface area contributed by atoms with Crippen LogP contribution < -0.4 is 11.1 Å². The van der Waals surface area contributed by atoms with Crippen molar-refractivity contribution in [3.8, 4) is 0 Å². The van der Waals surface area contributed by atoms with Gasteiger partial charge in [-0.1, -0.05) is 39.5 Å². The van der Waals surface area contributed by atoms with Crippen molar-refractivity contribution in [1.29, 1.82) is 0 Å². The normalized spacial score (nSPS) is 11.4. The van der Waals surface area contributed by atoms with Crippen molar-refractivity contribution < 1.29 is 4.79 Å². The van der Waals surface area contributed by atoms with E-state index in [1.54, 1.807) is 0 Å². The standard InChI is InChI=1S/C11H24N2O/c1-4-6-8-11(3,9-7-5-2)13-10(12)14/h4-9H2,1-3H3,(H3,12,13,14). The zero-order chi connectivity index (χ0) is 11.0. The lowest BCUT2D eigenvalue weighted by atomic mass is 9.89. The van der Waals surface area contributed by atoms with E-state index in [0.29, 0.717) is 0 Å². The SMILES string of the molecule is CCCCC(C)(CCCC)NC(N)=O. The smallest absolute Gasteiger partial charge is 0.312 e. The van der Waals surface area contributed by atoms with Gasteiger partial charge in [0.2, 0.25) is 0 Å². The zero-order valence-electron chi connectivity index (χ0n) is 9.73. The number of nitrogens with two attached hydrogens (primary N) is 1. The Kier molecular flexibility index (Phi) is 6.34. The van der Waals surface area contributed by atoms with E-state index in [1.165, 1.54) is 0 Å². The van der Waals surface area contributed by atoms with Gasteiger partial charge in [-0.25, -0.2) is 4.79 Å².